The molecule has 1 amide bonds. The van der Waals surface area contributed by atoms with E-state index in [1.165, 1.54) is 0 Å². The van der Waals surface area contributed by atoms with E-state index >= 15 is 0 Å². The minimum Gasteiger partial charge on any atom is -0.339 e. The average Bonchev–Trinajstić information content (AvgIpc) is 2.86. The monoisotopic (exact) mass is 375 g/mol. The molecule has 1 aliphatic heterocycles. The summed E-state index contributed by atoms with van der Waals surface area (Å²) in [7, 11) is -2.97. The Kier molecular flexibility index (Phi) is 6.80. The Bertz CT molecular complexity index is 631. The van der Waals surface area contributed by atoms with Crippen LogP contribution in [0.5, 0.6) is 0 Å². The zero-order valence-corrected chi connectivity index (χ0v) is 15.6. The van der Waals surface area contributed by atoms with Crippen LogP contribution in [0.25, 0.3) is 0 Å². The third-order valence-corrected chi connectivity index (χ3v) is 6.85. The molecular formula is C16H22ClNO3S2. The predicted octanol–water partition coefficient (Wildman–Crippen LogP) is 3.25. The second-order valence-electron chi connectivity index (χ2n) is 5.70. The largest absolute Gasteiger partial charge is 0.339 e. The van der Waals surface area contributed by atoms with Gasteiger partial charge < -0.3 is 4.90 Å². The lowest BCUT2D eigenvalue weighted by molar-refractivity contribution is -0.132. The molecule has 0 spiro atoms. The van der Waals surface area contributed by atoms with Gasteiger partial charge in [0.1, 0.15) is 0 Å². The number of hydrogen-bond donors (Lipinski definition) is 0. The molecule has 128 valence electrons. The van der Waals surface area contributed by atoms with Crippen molar-refractivity contribution in [2.24, 2.45) is 0 Å². The van der Waals surface area contributed by atoms with Gasteiger partial charge in [0, 0.05) is 34.7 Å². The molecule has 1 aromatic carbocycles. The van der Waals surface area contributed by atoms with E-state index in [0.29, 0.717) is 30.2 Å². The summed E-state index contributed by atoms with van der Waals surface area (Å²) in [6, 6.07) is 7.39. The van der Waals surface area contributed by atoms with Crippen molar-refractivity contribution in [3.05, 3.63) is 29.3 Å². The molecule has 0 N–H and O–H groups in total. The smallest absolute Gasteiger partial charge is 0.223 e. The van der Waals surface area contributed by atoms with Gasteiger partial charge in [-0.1, -0.05) is 18.5 Å². The van der Waals surface area contributed by atoms with Gasteiger partial charge >= 0.3 is 0 Å². The van der Waals surface area contributed by atoms with E-state index in [4.69, 9.17) is 11.6 Å². The zero-order chi connectivity index (χ0) is 16.9. The lowest BCUT2D eigenvalue weighted by Crippen LogP contribution is -2.41. The van der Waals surface area contributed by atoms with Gasteiger partial charge in [-0.3, -0.25) is 4.79 Å². The number of rotatable bonds is 7. The molecule has 4 nitrogen and oxygen atoms in total. The van der Waals surface area contributed by atoms with E-state index in [1.54, 1.807) is 16.7 Å². The van der Waals surface area contributed by atoms with E-state index in [0.717, 1.165) is 11.3 Å². The first kappa shape index (κ1) is 18.6. The third-order valence-electron chi connectivity index (χ3n) is 3.83. The molecule has 1 atom stereocenters. The van der Waals surface area contributed by atoms with Crippen molar-refractivity contribution in [1.82, 2.24) is 4.90 Å². The SMILES string of the molecule is CCCN(C(=O)CCSc1ccc(Cl)cc1)C1CCS(=O)(=O)C1. The van der Waals surface area contributed by atoms with E-state index in [1.807, 2.05) is 31.2 Å². The Labute approximate surface area is 147 Å². The first-order valence-corrected chi connectivity index (χ1v) is 11.0. The summed E-state index contributed by atoms with van der Waals surface area (Å²) in [5.74, 6) is 1.05. The van der Waals surface area contributed by atoms with Crippen molar-refractivity contribution in [3.8, 4) is 0 Å². The maximum absolute atomic E-state index is 12.5. The van der Waals surface area contributed by atoms with Gasteiger partial charge in [-0.25, -0.2) is 8.42 Å². The molecule has 0 radical (unpaired) electrons. The van der Waals surface area contributed by atoms with E-state index in [-0.39, 0.29) is 23.5 Å². The highest BCUT2D eigenvalue weighted by atomic mass is 35.5. The number of amides is 1. The van der Waals surface area contributed by atoms with Crippen LogP contribution in [0, 0.1) is 0 Å². The van der Waals surface area contributed by atoms with Gasteiger partial charge in [0.2, 0.25) is 5.91 Å². The number of hydrogen-bond acceptors (Lipinski definition) is 4. The molecule has 1 heterocycles. The van der Waals surface area contributed by atoms with Crippen LogP contribution in [0.2, 0.25) is 5.02 Å². The summed E-state index contributed by atoms with van der Waals surface area (Å²) in [5.41, 5.74) is 0. The molecule has 0 aromatic heterocycles. The number of carbonyl (C=O) groups excluding carboxylic acids is 1. The molecule has 1 aromatic rings. The number of benzene rings is 1. The Balaban J connectivity index is 1.87. The highest BCUT2D eigenvalue weighted by Crippen LogP contribution is 2.23. The standard InChI is InChI=1S/C16H22ClNO3S2/c1-2-9-18(14-8-11-23(20,21)12-14)16(19)7-10-22-15-5-3-13(17)4-6-15/h3-6,14H,2,7-12H2,1H3. The minimum atomic E-state index is -2.97. The third kappa shape index (κ3) is 5.69. The summed E-state index contributed by atoms with van der Waals surface area (Å²) in [6.07, 6.45) is 1.83. The molecule has 1 saturated heterocycles. The highest BCUT2D eigenvalue weighted by Gasteiger charge is 2.33. The predicted molar refractivity (Wildman–Crippen MR) is 95.9 cm³/mol. The van der Waals surface area contributed by atoms with Crippen LogP contribution in [0.1, 0.15) is 26.2 Å². The molecule has 1 fully saturated rings. The number of thioether (sulfide) groups is 1. The van der Waals surface area contributed by atoms with Gasteiger partial charge in [-0.15, -0.1) is 11.8 Å². The van der Waals surface area contributed by atoms with E-state index in [9.17, 15) is 13.2 Å². The molecule has 0 saturated carbocycles. The van der Waals surface area contributed by atoms with E-state index in [2.05, 4.69) is 0 Å². The second kappa shape index (κ2) is 8.40. The van der Waals surface area contributed by atoms with Crippen molar-refractivity contribution < 1.29 is 13.2 Å². The number of carbonyl (C=O) groups is 1. The summed E-state index contributed by atoms with van der Waals surface area (Å²) < 4.78 is 23.3. The molecule has 1 unspecified atom stereocenters. The molecule has 1 aliphatic rings. The van der Waals surface area contributed by atoms with Crippen LogP contribution in [0.3, 0.4) is 0 Å². The quantitative estimate of drug-likeness (QED) is 0.686. The highest BCUT2D eigenvalue weighted by molar-refractivity contribution is 7.99. The van der Waals surface area contributed by atoms with Gasteiger partial charge in [0.05, 0.1) is 11.5 Å². The van der Waals surface area contributed by atoms with E-state index < -0.39 is 9.84 Å². The fourth-order valence-electron chi connectivity index (χ4n) is 2.70. The van der Waals surface area contributed by atoms with Gasteiger partial charge in [0.25, 0.3) is 0 Å². The summed E-state index contributed by atoms with van der Waals surface area (Å²) in [5, 5.41) is 0.696. The molecule has 7 heteroatoms. The molecule has 23 heavy (non-hydrogen) atoms. The van der Waals surface area contributed by atoms with Crippen molar-refractivity contribution in [3.63, 3.8) is 0 Å². The van der Waals surface area contributed by atoms with Crippen LogP contribution in [-0.4, -0.2) is 49.1 Å². The van der Waals surface area contributed by atoms with Gasteiger partial charge in [-0.2, -0.15) is 0 Å². The lowest BCUT2D eigenvalue weighted by atomic mass is 10.2. The Morgan fingerprint density at radius 1 is 1.35 bits per heavy atom. The number of sulfone groups is 1. The molecule has 0 aliphatic carbocycles. The second-order valence-corrected chi connectivity index (χ2v) is 9.53. The molecule has 0 bridgehead atoms. The average molecular weight is 376 g/mol. The fraction of sp³-hybridized carbons (Fsp3) is 0.562. The summed E-state index contributed by atoms with van der Waals surface area (Å²) in [4.78, 5) is 15.3. The number of nitrogens with zero attached hydrogens (tertiary/aromatic N) is 1. The van der Waals surface area contributed by atoms with Crippen molar-refractivity contribution in [1.29, 1.82) is 0 Å². The maximum atomic E-state index is 12.5. The Hall–Kier alpha value is -0.720. The van der Waals surface area contributed by atoms with Crippen molar-refractivity contribution >= 4 is 39.1 Å². The van der Waals surface area contributed by atoms with Crippen molar-refractivity contribution in [2.45, 2.75) is 37.1 Å². The van der Waals surface area contributed by atoms with Crippen LogP contribution >= 0.6 is 23.4 Å². The molecular weight excluding hydrogens is 354 g/mol. The zero-order valence-electron chi connectivity index (χ0n) is 13.2. The lowest BCUT2D eigenvalue weighted by Gasteiger charge is -2.28. The topological polar surface area (TPSA) is 54.5 Å². The van der Waals surface area contributed by atoms with Crippen LogP contribution in [-0.2, 0) is 14.6 Å². The van der Waals surface area contributed by atoms with Gasteiger partial charge in [0.15, 0.2) is 9.84 Å². The van der Waals surface area contributed by atoms with Crippen LogP contribution < -0.4 is 0 Å². The molecule has 2 rings (SSSR count). The first-order chi connectivity index (χ1) is 10.9. The van der Waals surface area contributed by atoms with Crippen LogP contribution in [0.4, 0.5) is 0 Å². The van der Waals surface area contributed by atoms with Gasteiger partial charge in [-0.05, 0) is 37.1 Å². The first-order valence-electron chi connectivity index (χ1n) is 7.79. The fourth-order valence-corrected chi connectivity index (χ4v) is 5.40. The summed E-state index contributed by atoms with van der Waals surface area (Å²) >= 11 is 7.46. The number of halogens is 1. The van der Waals surface area contributed by atoms with Crippen molar-refractivity contribution in [2.75, 3.05) is 23.8 Å². The Morgan fingerprint density at radius 2 is 2.04 bits per heavy atom. The maximum Gasteiger partial charge on any atom is 0.223 e. The summed E-state index contributed by atoms with van der Waals surface area (Å²) in [6.45, 7) is 2.64. The normalized spacial score (nSPS) is 19.7. The minimum absolute atomic E-state index is 0.0513. The van der Waals surface area contributed by atoms with Crippen LogP contribution in [0.15, 0.2) is 29.2 Å². The Morgan fingerprint density at radius 3 is 2.61 bits per heavy atom.